The van der Waals surface area contributed by atoms with Crippen molar-refractivity contribution in [3.05, 3.63) is 30.1 Å². The molecule has 0 aliphatic heterocycles. The van der Waals surface area contributed by atoms with Gasteiger partial charge in [-0.05, 0) is 24.5 Å². The van der Waals surface area contributed by atoms with E-state index in [0.717, 1.165) is 31.2 Å². The summed E-state index contributed by atoms with van der Waals surface area (Å²) < 4.78 is 0. The Labute approximate surface area is 101 Å². The van der Waals surface area contributed by atoms with Crippen molar-refractivity contribution < 1.29 is 9.90 Å². The first-order valence-corrected chi connectivity index (χ1v) is 6.12. The summed E-state index contributed by atoms with van der Waals surface area (Å²) in [7, 11) is 0. The van der Waals surface area contributed by atoms with Crippen LogP contribution in [0.5, 0.6) is 0 Å². The molecule has 1 aliphatic carbocycles. The molecule has 1 heterocycles. The lowest BCUT2D eigenvalue weighted by atomic mass is 9.92. The Bertz CT molecular complexity index is 367. The average molecular weight is 234 g/mol. The van der Waals surface area contributed by atoms with Gasteiger partial charge in [-0.2, -0.15) is 0 Å². The number of carbonyl (C=O) groups is 1. The summed E-state index contributed by atoms with van der Waals surface area (Å²) in [6.45, 7) is 0. The lowest BCUT2D eigenvalue weighted by Gasteiger charge is -2.28. The van der Waals surface area contributed by atoms with Crippen LogP contribution < -0.4 is 5.32 Å². The van der Waals surface area contributed by atoms with E-state index in [9.17, 15) is 9.90 Å². The van der Waals surface area contributed by atoms with E-state index in [2.05, 4.69) is 10.3 Å². The Hall–Kier alpha value is -1.42. The first-order valence-electron chi connectivity index (χ1n) is 6.12. The van der Waals surface area contributed by atoms with Crippen LogP contribution in [-0.2, 0) is 11.2 Å². The predicted octanol–water partition coefficient (Wildman–Crippen LogP) is 1.04. The van der Waals surface area contributed by atoms with Gasteiger partial charge in [0.25, 0.3) is 0 Å². The highest BCUT2D eigenvalue weighted by Crippen LogP contribution is 2.18. The van der Waals surface area contributed by atoms with Gasteiger partial charge < -0.3 is 10.4 Å². The van der Waals surface area contributed by atoms with E-state index in [4.69, 9.17) is 0 Å². The number of rotatable bonds is 3. The van der Waals surface area contributed by atoms with E-state index >= 15 is 0 Å². The zero-order valence-electron chi connectivity index (χ0n) is 9.80. The van der Waals surface area contributed by atoms with Crippen LogP contribution >= 0.6 is 0 Å². The van der Waals surface area contributed by atoms with E-state index < -0.39 is 0 Å². The summed E-state index contributed by atoms with van der Waals surface area (Å²) in [5.41, 5.74) is 0.898. The van der Waals surface area contributed by atoms with Crippen molar-refractivity contribution in [2.45, 2.75) is 44.2 Å². The molecule has 4 nitrogen and oxygen atoms in total. The summed E-state index contributed by atoms with van der Waals surface area (Å²) in [6.07, 6.45) is 7.12. The van der Waals surface area contributed by atoms with Crippen LogP contribution in [0.3, 0.4) is 0 Å². The van der Waals surface area contributed by atoms with Crippen molar-refractivity contribution in [2.75, 3.05) is 0 Å². The van der Waals surface area contributed by atoms with Crippen molar-refractivity contribution in [3.63, 3.8) is 0 Å². The zero-order chi connectivity index (χ0) is 12.1. The van der Waals surface area contributed by atoms with E-state index in [0.29, 0.717) is 6.42 Å². The van der Waals surface area contributed by atoms with E-state index in [1.165, 1.54) is 0 Å². The van der Waals surface area contributed by atoms with Crippen LogP contribution in [0.1, 0.15) is 31.2 Å². The fourth-order valence-electron chi connectivity index (χ4n) is 2.23. The number of aliphatic hydroxyl groups is 1. The first-order chi connectivity index (χ1) is 8.25. The minimum absolute atomic E-state index is 0.0380. The number of aromatic nitrogens is 1. The largest absolute Gasteiger partial charge is 0.391 e. The van der Waals surface area contributed by atoms with Crippen LogP contribution in [0, 0.1) is 0 Å². The number of hydrogen-bond donors (Lipinski definition) is 2. The van der Waals surface area contributed by atoms with Gasteiger partial charge in [0, 0.05) is 12.4 Å². The Morgan fingerprint density at radius 2 is 2.29 bits per heavy atom. The minimum atomic E-state index is -0.387. The molecule has 92 valence electrons. The molecule has 0 aromatic carbocycles. The molecule has 0 spiro atoms. The van der Waals surface area contributed by atoms with Gasteiger partial charge in [-0.15, -0.1) is 0 Å². The second-order valence-corrected chi connectivity index (χ2v) is 4.56. The second kappa shape index (κ2) is 5.77. The normalized spacial score (nSPS) is 24.3. The molecule has 0 radical (unpaired) electrons. The molecule has 1 fully saturated rings. The smallest absolute Gasteiger partial charge is 0.224 e. The molecular weight excluding hydrogens is 216 g/mol. The SMILES string of the molecule is O=C(Cc1cccnc1)N[C@@H]1CCCC[C@H]1O. The van der Waals surface area contributed by atoms with Gasteiger partial charge in [-0.1, -0.05) is 18.9 Å². The average Bonchev–Trinajstić information content (AvgIpc) is 2.33. The van der Waals surface area contributed by atoms with E-state index in [1.807, 2.05) is 12.1 Å². The summed E-state index contributed by atoms with van der Waals surface area (Å²) in [5, 5.41) is 12.7. The lowest BCUT2D eigenvalue weighted by molar-refractivity contribution is -0.122. The number of amides is 1. The van der Waals surface area contributed by atoms with Crippen molar-refractivity contribution in [1.82, 2.24) is 10.3 Å². The maximum absolute atomic E-state index is 11.8. The summed E-state index contributed by atoms with van der Waals surface area (Å²) in [5.74, 6) is -0.0380. The fraction of sp³-hybridized carbons (Fsp3) is 0.538. The summed E-state index contributed by atoms with van der Waals surface area (Å²) in [4.78, 5) is 15.7. The first kappa shape index (κ1) is 12.0. The molecule has 1 saturated carbocycles. The van der Waals surface area contributed by atoms with Gasteiger partial charge in [0.15, 0.2) is 0 Å². The maximum Gasteiger partial charge on any atom is 0.224 e. The van der Waals surface area contributed by atoms with Crippen molar-refractivity contribution >= 4 is 5.91 Å². The maximum atomic E-state index is 11.8. The fourth-order valence-corrected chi connectivity index (χ4v) is 2.23. The lowest BCUT2D eigenvalue weighted by Crippen LogP contribution is -2.45. The zero-order valence-corrected chi connectivity index (χ0v) is 9.80. The van der Waals surface area contributed by atoms with Crippen molar-refractivity contribution in [1.29, 1.82) is 0 Å². The Morgan fingerprint density at radius 3 is 3.00 bits per heavy atom. The number of carbonyl (C=O) groups excluding carboxylic acids is 1. The van der Waals surface area contributed by atoms with E-state index in [-0.39, 0.29) is 18.1 Å². The third kappa shape index (κ3) is 3.53. The molecule has 1 aromatic heterocycles. The second-order valence-electron chi connectivity index (χ2n) is 4.56. The van der Waals surface area contributed by atoms with Crippen LogP contribution in [0.2, 0.25) is 0 Å². The molecule has 0 bridgehead atoms. The highest BCUT2D eigenvalue weighted by molar-refractivity contribution is 5.78. The molecule has 4 heteroatoms. The standard InChI is InChI=1S/C13H18N2O2/c16-12-6-2-1-5-11(12)15-13(17)8-10-4-3-7-14-9-10/h3-4,7,9,11-12,16H,1-2,5-6,8H2,(H,15,17)/t11-,12-/m1/s1. The molecule has 2 atom stereocenters. The molecule has 1 aromatic rings. The monoisotopic (exact) mass is 234 g/mol. The molecule has 2 rings (SSSR count). The van der Waals surface area contributed by atoms with Crippen LogP contribution in [0.15, 0.2) is 24.5 Å². The number of pyridine rings is 1. The minimum Gasteiger partial charge on any atom is -0.391 e. The molecule has 17 heavy (non-hydrogen) atoms. The summed E-state index contributed by atoms with van der Waals surface area (Å²) in [6, 6.07) is 3.62. The van der Waals surface area contributed by atoms with E-state index in [1.54, 1.807) is 12.4 Å². The van der Waals surface area contributed by atoms with Crippen LogP contribution in [-0.4, -0.2) is 28.1 Å². The number of nitrogens with zero attached hydrogens (tertiary/aromatic N) is 1. The van der Waals surface area contributed by atoms with Gasteiger partial charge in [0.2, 0.25) is 5.91 Å². The topological polar surface area (TPSA) is 62.2 Å². The molecule has 1 amide bonds. The Morgan fingerprint density at radius 1 is 1.47 bits per heavy atom. The number of hydrogen-bond acceptors (Lipinski definition) is 3. The molecule has 2 N–H and O–H groups in total. The van der Waals surface area contributed by atoms with Crippen LogP contribution in [0.25, 0.3) is 0 Å². The number of aliphatic hydroxyl groups excluding tert-OH is 1. The van der Waals surface area contributed by atoms with Gasteiger partial charge in [-0.3, -0.25) is 9.78 Å². The van der Waals surface area contributed by atoms with Gasteiger partial charge >= 0.3 is 0 Å². The third-order valence-corrected chi connectivity index (χ3v) is 3.16. The molecule has 0 unspecified atom stereocenters. The number of nitrogens with one attached hydrogen (secondary N) is 1. The molecule has 1 aliphatic rings. The highest BCUT2D eigenvalue weighted by atomic mass is 16.3. The van der Waals surface area contributed by atoms with Gasteiger partial charge in [-0.25, -0.2) is 0 Å². The third-order valence-electron chi connectivity index (χ3n) is 3.16. The van der Waals surface area contributed by atoms with Gasteiger partial charge in [0.1, 0.15) is 0 Å². The Kier molecular flexibility index (Phi) is 4.09. The molecule has 0 saturated heterocycles. The predicted molar refractivity (Wildman–Crippen MR) is 64.3 cm³/mol. The molecular formula is C13H18N2O2. The summed E-state index contributed by atoms with van der Waals surface area (Å²) >= 11 is 0. The van der Waals surface area contributed by atoms with Crippen LogP contribution in [0.4, 0.5) is 0 Å². The Balaban J connectivity index is 1.84. The quantitative estimate of drug-likeness (QED) is 0.821. The van der Waals surface area contributed by atoms with Crippen molar-refractivity contribution in [2.24, 2.45) is 0 Å². The van der Waals surface area contributed by atoms with Crippen molar-refractivity contribution in [3.8, 4) is 0 Å². The van der Waals surface area contributed by atoms with Gasteiger partial charge in [0.05, 0.1) is 18.6 Å². The highest BCUT2D eigenvalue weighted by Gasteiger charge is 2.24.